The van der Waals surface area contributed by atoms with Crippen molar-refractivity contribution in [1.29, 1.82) is 0 Å². The number of nitrogens with zero attached hydrogens (tertiary/aromatic N) is 3. The number of aliphatic imine (C=N–C) groups is 2. The smallest absolute Gasteiger partial charge is 0.155 e. The molecule has 1 fully saturated rings. The minimum atomic E-state index is -0.0149. The van der Waals surface area contributed by atoms with Gasteiger partial charge in [-0.25, -0.2) is 4.99 Å². The number of ether oxygens (including phenoxy) is 1. The third-order valence-corrected chi connectivity index (χ3v) is 9.85. The van der Waals surface area contributed by atoms with Gasteiger partial charge in [-0.1, -0.05) is 122 Å². The number of allylic oxidation sites excluding steroid dienone is 2. The maximum absolute atomic E-state index is 6.63. The molecule has 4 aliphatic rings. The molecule has 9 rings (SSSR count). The lowest BCUT2D eigenvalue weighted by Gasteiger charge is -2.27. The quantitative estimate of drug-likeness (QED) is 0.208. The SMILES string of the molecule is C[C@@H]1c2c(n(-c3ccc(C4CC(c5ccccc5)=NC(c5ccccc5)=N4)cc3)c3ccccc23)C=C2C3C=CC=CC3OC21. The zero-order valence-corrected chi connectivity index (χ0v) is 25.1. The molecule has 218 valence electrons. The highest BCUT2D eigenvalue weighted by Gasteiger charge is 2.44. The Morgan fingerprint density at radius 1 is 0.756 bits per heavy atom. The predicted octanol–water partition coefficient (Wildman–Crippen LogP) is 9.02. The maximum Gasteiger partial charge on any atom is 0.155 e. The summed E-state index contributed by atoms with van der Waals surface area (Å²) < 4.78 is 9.07. The lowest BCUT2D eigenvalue weighted by molar-refractivity contribution is 0.0595. The summed E-state index contributed by atoms with van der Waals surface area (Å²) >= 11 is 0. The maximum atomic E-state index is 6.63. The number of hydrogen-bond donors (Lipinski definition) is 0. The van der Waals surface area contributed by atoms with E-state index in [0.717, 1.165) is 34.8 Å². The van der Waals surface area contributed by atoms with Crippen molar-refractivity contribution in [2.24, 2.45) is 15.9 Å². The van der Waals surface area contributed by atoms with E-state index in [1.165, 1.54) is 33.3 Å². The summed E-state index contributed by atoms with van der Waals surface area (Å²) in [6.45, 7) is 2.33. The second-order valence-electron chi connectivity index (χ2n) is 12.5. The molecule has 3 heterocycles. The molecule has 4 heteroatoms. The van der Waals surface area contributed by atoms with E-state index in [-0.39, 0.29) is 24.2 Å². The van der Waals surface area contributed by atoms with E-state index < -0.39 is 0 Å². The molecule has 4 nitrogen and oxygen atoms in total. The van der Waals surface area contributed by atoms with Gasteiger partial charge in [-0.15, -0.1) is 0 Å². The summed E-state index contributed by atoms with van der Waals surface area (Å²) in [5.74, 6) is 1.36. The molecule has 45 heavy (non-hydrogen) atoms. The van der Waals surface area contributed by atoms with Gasteiger partial charge in [0, 0.05) is 34.9 Å². The van der Waals surface area contributed by atoms with Gasteiger partial charge in [-0.3, -0.25) is 4.99 Å². The van der Waals surface area contributed by atoms with Gasteiger partial charge in [0.05, 0.1) is 35.2 Å². The highest BCUT2D eigenvalue weighted by Crippen LogP contribution is 2.50. The molecule has 1 saturated heterocycles. The van der Waals surface area contributed by atoms with Crippen LogP contribution in [0.1, 0.15) is 53.3 Å². The third-order valence-electron chi connectivity index (χ3n) is 9.85. The summed E-state index contributed by atoms with van der Waals surface area (Å²) in [6, 6.07) is 38.6. The Labute approximate surface area is 263 Å². The molecule has 4 unspecified atom stereocenters. The van der Waals surface area contributed by atoms with Gasteiger partial charge in [0.15, 0.2) is 5.84 Å². The third kappa shape index (κ3) is 4.32. The van der Waals surface area contributed by atoms with Crippen LogP contribution in [0.3, 0.4) is 0 Å². The van der Waals surface area contributed by atoms with Crippen molar-refractivity contribution < 1.29 is 4.74 Å². The van der Waals surface area contributed by atoms with Crippen LogP contribution in [0.4, 0.5) is 0 Å². The average Bonchev–Trinajstić information content (AvgIpc) is 3.65. The number of rotatable bonds is 4. The van der Waals surface area contributed by atoms with Crippen molar-refractivity contribution in [3.63, 3.8) is 0 Å². The van der Waals surface area contributed by atoms with Crippen LogP contribution in [-0.2, 0) is 4.74 Å². The standard InChI is InChI=1S/C41H33N3O/c1-26-39-32-17-8-10-18-36(32)44(37(39)24-33-31-16-9-11-19-38(31)45-40(26)33)30-22-20-28(21-23-30)35-25-34(27-12-4-2-5-13-27)42-41(43-35)29-14-6-3-7-15-29/h2-24,26,31,35,38,40H,25H2,1H3/t26-,31?,35?,38?,40?/m1/s1. The van der Waals surface area contributed by atoms with Crippen LogP contribution in [0.15, 0.2) is 149 Å². The van der Waals surface area contributed by atoms with E-state index in [9.17, 15) is 0 Å². The monoisotopic (exact) mass is 583 g/mol. The topological polar surface area (TPSA) is 38.9 Å². The van der Waals surface area contributed by atoms with Gasteiger partial charge in [-0.05, 0) is 46.5 Å². The van der Waals surface area contributed by atoms with E-state index in [1.54, 1.807) is 0 Å². The highest BCUT2D eigenvalue weighted by molar-refractivity contribution is 6.14. The van der Waals surface area contributed by atoms with Crippen LogP contribution in [0.2, 0.25) is 0 Å². The minimum absolute atomic E-state index is 0.0149. The van der Waals surface area contributed by atoms with E-state index in [4.69, 9.17) is 14.7 Å². The first-order valence-corrected chi connectivity index (χ1v) is 15.9. The zero-order valence-electron chi connectivity index (χ0n) is 25.1. The average molecular weight is 584 g/mol. The number of para-hydroxylation sites is 1. The van der Waals surface area contributed by atoms with Gasteiger partial charge in [0.1, 0.15) is 0 Å². The molecule has 5 atom stereocenters. The van der Waals surface area contributed by atoms with Crippen LogP contribution in [0.5, 0.6) is 0 Å². The molecular formula is C41H33N3O. The molecule has 0 amide bonds. The fraction of sp³-hybridized carbons (Fsp3) is 0.171. The van der Waals surface area contributed by atoms with E-state index in [1.807, 2.05) is 18.2 Å². The lowest BCUT2D eigenvalue weighted by Crippen LogP contribution is -2.22. The highest BCUT2D eigenvalue weighted by atomic mass is 16.5. The molecule has 1 aromatic heterocycles. The molecule has 2 aliphatic carbocycles. The lowest BCUT2D eigenvalue weighted by atomic mass is 9.79. The number of benzene rings is 4. The first-order chi connectivity index (χ1) is 22.2. The largest absolute Gasteiger partial charge is 0.365 e. The zero-order chi connectivity index (χ0) is 29.9. The fourth-order valence-electron chi connectivity index (χ4n) is 7.69. The van der Waals surface area contributed by atoms with E-state index in [0.29, 0.717) is 5.92 Å². The van der Waals surface area contributed by atoms with E-state index in [2.05, 4.69) is 133 Å². The first kappa shape index (κ1) is 26.4. The van der Waals surface area contributed by atoms with Crippen molar-refractivity contribution in [2.75, 3.05) is 0 Å². The van der Waals surface area contributed by atoms with Gasteiger partial charge in [-0.2, -0.15) is 0 Å². The summed E-state index contributed by atoms with van der Waals surface area (Å²) in [6.07, 6.45) is 12.2. The van der Waals surface area contributed by atoms with Crippen LogP contribution >= 0.6 is 0 Å². The summed E-state index contributed by atoms with van der Waals surface area (Å²) in [7, 11) is 0. The Kier molecular flexibility index (Phi) is 6.17. The molecule has 0 radical (unpaired) electrons. The number of aromatic nitrogens is 1. The van der Waals surface area contributed by atoms with Crippen LogP contribution < -0.4 is 0 Å². The van der Waals surface area contributed by atoms with Gasteiger partial charge in [0.2, 0.25) is 0 Å². The van der Waals surface area contributed by atoms with Gasteiger partial charge in [0.25, 0.3) is 0 Å². The number of hydrogen-bond acceptors (Lipinski definition) is 3. The predicted molar refractivity (Wildman–Crippen MR) is 183 cm³/mol. The van der Waals surface area contributed by atoms with Crippen LogP contribution in [-0.4, -0.2) is 28.3 Å². The molecule has 0 bridgehead atoms. The summed E-state index contributed by atoms with van der Waals surface area (Å²) in [4.78, 5) is 10.2. The Bertz CT molecular complexity index is 2080. The normalized spacial score (nSPS) is 24.8. The summed E-state index contributed by atoms with van der Waals surface area (Å²) in [5.41, 5.74) is 10.9. The van der Waals surface area contributed by atoms with Gasteiger partial charge < -0.3 is 9.30 Å². The van der Waals surface area contributed by atoms with E-state index >= 15 is 0 Å². The van der Waals surface area contributed by atoms with Crippen LogP contribution in [0, 0.1) is 5.92 Å². The molecule has 0 saturated carbocycles. The van der Waals surface area contributed by atoms with Crippen molar-refractivity contribution in [2.45, 2.75) is 37.5 Å². The first-order valence-electron chi connectivity index (χ1n) is 15.9. The van der Waals surface area contributed by atoms with Crippen LogP contribution in [0.25, 0.3) is 22.7 Å². The molecule has 5 aromatic rings. The molecule has 0 N–H and O–H groups in total. The van der Waals surface area contributed by atoms with Crippen molar-refractivity contribution >= 4 is 28.5 Å². The molecule has 0 spiro atoms. The Morgan fingerprint density at radius 3 is 2.27 bits per heavy atom. The van der Waals surface area contributed by atoms with Crippen molar-refractivity contribution in [3.05, 3.63) is 167 Å². The van der Waals surface area contributed by atoms with Gasteiger partial charge >= 0.3 is 0 Å². The minimum Gasteiger partial charge on any atom is -0.365 e. The number of fused-ring (bicyclic) bond motifs is 6. The van der Waals surface area contributed by atoms with Crippen molar-refractivity contribution in [1.82, 2.24) is 4.57 Å². The molecule has 4 aromatic carbocycles. The summed E-state index contributed by atoms with van der Waals surface area (Å²) in [5, 5.41) is 1.30. The second kappa shape index (κ2) is 10.5. The Hall–Kier alpha value is -5.06. The Morgan fingerprint density at radius 2 is 1.47 bits per heavy atom. The fourth-order valence-corrected chi connectivity index (χ4v) is 7.69. The Balaban J connectivity index is 1.13. The van der Waals surface area contributed by atoms with Crippen molar-refractivity contribution in [3.8, 4) is 5.69 Å². The molecule has 2 aliphatic heterocycles. The second-order valence-corrected chi connectivity index (χ2v) is 12.5. The molecular weight excluding hydrogens is 550 g/mol. The number of amidine groups is 1.